The Balaban J connectivity index is 1.78. The van der Waals surface area contributed by atoms with Crippen molar-refractivity contribution in [1.29, 1.82) is 0 Å². The number of ether oxygens (including phenoxy) is 1. The molecule has 2 atom stereocenters. The number of hydrogen-bond donors (Lipinski definition) is 1. The van der Waals surface area contributed by atoms with Crippen LogP contribution >= 0.6 is 0 Å². The second-order valence-corrected chi connectivity index (χ2v) is 6.24. The van der Waals surface area contributed by atoms with Crippen LogP contribution in [-0.2, 0) is 4.74 Å². The number of hydrogen-bond acceptors (Lipinski definition) is 3. The first-order chi connectivity index (χ1) is 9.54. The first kappa shape index (κ1) is 15.3. The Bertz CT molecular complexity index is 402. The molecule has 112 valence electrons. The normalized spacial score (nSPS) is 22.4. The molecule has 1 N–H and O–H groups in total. The van der Waals surface area contributed by atoms with Gasteiger partial charge < -0.3 is 15.0 Å². The minimum Gasteiger partial charge on any atom is -0.372 e. The minimum absolute atomic E-state index is 0.361. The zero-order valence-corrected chi connectivity index (χ0v) is 13.2. The van der Waals surface area contributed by atoms with E-state index in [1.807, 2.05) is 0 Å². The summed E-state index contributed by atoms with van der Waals surface area (Å²) < 4.78 is 6.12. The van der Waals surface area contributed by atoms with Gasteiger partial charge in [0.15, 0.2) is 0 Å². The van der Waals surface area contributed by atoms with Gasteiger partial charge in [-0.15, -0.1) is 0 Å². The third kappa shape index (κ3) is 4.50. The van der Waals surface area contributed by atoms with Gasteiger partial charge >= 0.3 is 0 Å². The summed E-state index contributed by atoms with van der Waals surface area (Å²) in [5.74, 6) is 0. The average Bonchev–Trinajstić information content (AvgIpc) is 2.84. The van der Waals surface area contributed by atoms with E-state index in [2.05, 4.69) is 62.3 Å². The van der Waals surface area contributed by atoms with Crippen molar-refractivity contribution < 1.29 is 4.74 Å². The molecule has 1 fully saturated rings. The van der Waals surface area contributed by atoms with Crippen LogP contribution in [0.4, 0.5) is 5.69 Å². The Hall–Kier alpha value is -1.06. The molecular weight excluding hydrogens is 248 g/mol. The lowest BCUT2D eigenvalue weighted by Gasteiger charge is -2.24. The molecule has 0 aromatic heterocycles. The van der Waals surface area contributed by atoms with E-state index >= 15 is 0 Å². The molecule has 0 amide bonds. The fourth-order valence-electron chi connectivity index (χ4n) is 2.64. The van der Waals surface area contributed by atoms with Crippen molar-refractivity contribution in [1.82, 2.24) is 5.32 Å². The van der Waals surface area contributed by atoms with E-state index in [1.54, 1.807) is 0 Å². The minimum atomic E-state index is 0.361. The van der Waals surface area contributed by atoms with Crippen LogP contribution in [0.3, 0.4) is 0 Å². The van der Waals surface area contributed by atoms with Gasteiger partial charge in [0.2, 0.25) is 0 Å². The fraction of sp³-hybridized carbons (Fsp3) is 0.647. The van der Waals surface area contributed by atoms with Crippen LogP contribution in [0.5, 0.6) is 0 Å². The van der Waals surface area contributed by atoms with Crippen LogP contribution in [0, 0.1) is 6.92 Å². The van der Waals surface area contributed by atoms with E-state index in [0.29, 0.717) is 18.2 Å². The number of anilines is 1. The molecule has 1 heterocycles. The Kier molecular flexibility index (Phi) is 5.44. The lowest BCUT2D eigenvalue weighted by Crippen LogP contribution is -2.34. The van der Waals surface area contributed by atoms with Gasteiger partial charge in [-0.25, -0.2) is 0 Å². The maximum Gasteiger partial charge on any atom is 0.0755 e. The molecule has 3 nitrogen and oxygen atoms in total. The third-order valence-electron chi connectivity index (χ3n) is 3.90. The number of aryl methyl sites for hydroxylation is 1. The molecule has 3 heteroatoms. The topological polar surface area (TPSA) is 24.5 Å². The van der Waals surface area contributed by atoms with Crippen molar-refractivity contribution in [2.45, 2.75) is 51.9 Å². The molecule has 1 aromatic carbocycles. The van der Waals surface area contributed by atoms with E-state index < -0.39 is 0 Å². The zero-order chi connectivity index (χ0) is 14.5. The summed E-state index contributed by atoms with van der Waals surface area (Å²) in [4.78, 5) is 2.29. The number of nitrogens with zero attached hydrogens (tertiary/aromatic N) is 1. The van der Waals surface area contributed by atoms with Crippen molar-refractivity contribution in [2.24, 2.45) is 0 Å². The highest BCUT2D eigenvalue weighted by Crippen LogP contribution is 2.22. The van der Waals surface area contributed by atoms with Crippen molar-refractivity contribution in [2.75, 3.05) is 25.0 Å². The first-order valence-electron chi connectivity index (χ1n) is 7.71. The third-order valence-corrected chi connectivity index (χ3v) is 3.90. The van der Waals surface area contributed by atoms with Gasteiger partial charge in [0.05, 0.1) is 12.2 Å². The quantitative estimate of drug-likeness (QED) is 0.864. The van der Waals surface area contributed by atoms with Crippen molar-refractivity contribution in [3.05, 3.63) is 29.8 Å². The molecule has 1 saturated heterocycles. The molecule has 2 rings (SSSR count). The second kappa shape index (κ2) is 7.09. The molecule has 1 aliphatic heterocycles. The molecule has 0 bridgehead atoms. The summed E-state index contributed by atoms with van der Waals surface area (Å²) in [6.45, 7) is 8.43. The van der Waals surface area contributed by atoms with Gasteiger partial charge in [0.25, 0.3) is 0 Å². The lowest BCUT2D eigenvalue weighted by molar-refractivity contribution is 0.0489. The molecule has 1 aliphatic rings. The molecule has 0 saturated carbocycles. The van der Waals surface area contributed by atoms with Gasteiger partial charge in [-0.2, -0.15) is 0 Å². The standard InChI is InChI=1S/C17H28N2O/c1-13(2)18-11-16-9-10-17(20-16)12-19(4)15-7-5-14(3)6-8-15/h5-8,13,16-18H,9-12H2,1-4H3. The zero-order valence-electron chi connectivity index (χ0n) is 13.2. The predicted molar refractivity (Wildman–Crippen MR) is 85.5 cm³/mol. The van der Waals surface area contributed by atoms with E-state index in [4.69, 9.17) is 4.74 Å². The Morgan fingerprint density at radius 2 is 1.85 bits per heavy atom. The van der Waals surface area contributed by atoms with Crippen LogP contribution in [0.1, 0.15) is 32.3 Å². The van der Waals surface area contributed by atoms with Crippen LogP contribution in [0.25, 0.3) is 0 Å². The molecule has 0 aliphatic carbocycles. The molecule has 0 spiro atoms. The monoisotopic (exact) mass is 276 g/mol. The largest absolute Gasteiger partial charge is 0.372 e. The summed E-state index contributed by atoms with van der Waals surface area (Å²) in [7, 11) is 2.15. The first-order valence-corrected chi connectivity index (χ1v) is 7.71. The van der Waals surface area contributed by atoms with Crippen LogP contribution in [-0.4, -0.2) is 38.4 Å². The fourth-order valence-corrected chi connectivity index (χ4v) is 2.64. The number of likely N-dealkylation sites (N-methyl/N-ethyl adjacent to an activating group) is 1. The van der Waals surface area contributed by atoms with Gasteiger partial charge in [-0.3, -0.25) is 0 Å². The summed E-state index contributed by atoms with van der Waals surface area (Å²) in [6, 6.07) is 9.23. The average molecular weight is 276 g/mol. The van der Waals surface area contributed by atoms with Crippen molar-refractivity contribution >= 4 is 5.69 Å². The van der Waals surface area contributed by atoms with Gasteiger partial charge in [0.1, 0.15) is 0 Å². The van der Waals surface area contributed by atoms with E-state index in [9.17, 15) is 0 Å². The summed E-state index contributed by atoms with van der Waals surface area (Å²) in [5.41, 5.74) is 2.57. The molecule has 0 radical (unpaired) electrons. The van der Waals surface area contributed by atoms with E-state index in [1.165, 1.54) is 24.1 Å². The van der Waals surface area contributed by atoms with Gasteiger partial charge in [-0.1, -0.05) is 31.5 Å². The number of benzene rings is 1. The number of rotatable bonds is 6. The van der Waals surface area contributed by atoms with Crippen molar-refractivity contribution in [3.63, 3.8) is 0 Å². The smallest absolute Gasteiger partial charge is 0.0755 e. The van der Waals surface area contributed by atoms with Crippen LogP contribution in [0.2, 0.25) is 0 Å². The summed E-state index contributed by atoms with van der Waals surface area (Å²) in [6.07, 6.45) is 3.08. The van der Waals surface area contributed by atoms with Gasteiger partial charge in [0, 0.05) is 31.9 Å². The van der Waals surface area contributed by atoms with E-state index in [-0.39, 0.29) is 0 Å². The summed E-state index contributed by atoms with van der Waals surface area (Å²) in [5, 5.41) is 3.46. The molecule has 1 aromatic rings. The maximum absolute atomic E-state index is 6.12. The highest BCUT2D eigenvalue weighted by atomic mass is 16.5. The predicted octanol–water partition coefficient (Wildman–Crippen LogP) is 2.98. The van der Waals surface area contributed by atoms with Crippen LogP contribution in [0.15, 0.2) is 24.3 Å². The van der Waals surface area contributed by atoms with Crippen molar-refractivity contribution in [3.8, 4) is 0 Å². The Morgan fingerprint density at radius 1 is 1.20 bits per heavy atom. The maximum atomic E-state index is 6.12. The lowest BCUT2D eigenvalue weighted by atomic mass is 10.1. The highest BCUT2D eigenvalue weighted by Gasteiger charge is 2.26. The highest BCUT2D eigenvalue weighted by molar-refractivity contribution is 5.46. The number of nitrogens with one attached hydrogen (secondary N) is 1. The molecule has 2 unspecified atom stereocenters. The van der Waals surface area contributed by atoms with E-state index in [0.717, 1.165) is 13.1 Å². The van der Waals surface area contributed by atoms with Crippen LogP contribution < -0.4 is 10.2 Å². The van der Waals surface area contributed by atoms with Gasteiger partial charge in [-0.05, 0) is 31.9 Å². The Morgan fingerprint density at radius 3 is 2.50 bits per heavy atom. The summed E-state index contributed by atoms with van der Waals surface area (Å²) >= 11 is 0. The molecular formula is C17H28N2O. The Labute approximate surface area is 123 Å². The molecule has 20 heavy (non-hydrogen) atoms. The second-order valence-electron chi connectivity index (χ2n) is 6.24. The SMILES string of the molecule is Cc1ccc(N(C)CC2CCC(CNC(C)C)O2)cc1.